The van der Waals surface area contributed by atoms with Crippen molar-refractivity contribution in [2.24, 2.45) is 0 Å². The van der Waals surface area contributed by atoms with E-state index < -0.39 is 43.5 Å². The van der Waals surface area contributed by atoms with Crippen molar-refractivity contribution in [3.63, 3.8) is 0 Å². The van der Waals surface area contributed by atoms with E-state index in [9.17, 15) is 19.5 Å². The minimum absolute atomic E-state index is 0.00146. The van der Waals surface area contributed by atoms with Crippen LogP contribution < -0.4 is 5.32 Å². The number of rotatable bonds is 5. The van der Waals surface area contributed by atoms with Gasteiger partial charge in [-0.15, -0.1) is 11.8 Å². The normalized spacial score (nSPS) is 27.7. The van der Waals surface area contributed by atoms with E-state index in [1.165, 1.54) is 16.7 Å². The molecule has 2 N–H and O–H groups in total. The smallest absolute Gasteiger partial charge is 0.408 e. The summed E-state index contributed by atoms with van der Waals surface area (Å²) in [6, 6.07) is -0.896. The molecule has 2 amide bonds. The fraction of sp³-hybridized carbons (Fsp3) is 0.842. The molecular weight excluding hydrogens is 412 g/mol. The number of alkyl carbamates (subject to hydrolysis) is 1. The molecule has 8 nitrogen and oxygen atoms in total. The highest BCUT2D eigenvalue weighted by Crippen LogP contribution is 2.44. The highest BCUT2D eigenvalue weighted by Gasteiger charge is 2.59. The lowest BCUT2D eigenvalue weighted by molar-refractivity contribution is -0.149. The Kier molecular flexibility index (Phi) is 6.43. The topological polar surface area (TPSA) is 105 Å². The van der Waals surface area contributed by atoms with Crippen LogP contribution in [-0.4, -0.2) is 71.2 Å². The summed E-state index contributed by atoms with van der Waals surface area (Å²) >= 11 is 1.42. The summed E-state index contributed by atoms with van der Waals surface area (Å²) in [6.07, 6.45) is -0.420. The molecule has 0 spiro atoms. The number of aliphatic carboxylic acids is 1. The van der Waals surface area contributed by atoms with Gasteiger partial charge in [0, 0.05) is 12.2 Å². The second-order valence-electron chi connectivity index (χ2n) is 10.3. The zero-order valence-corrected chi connectivity index (χ0v) is 20.4. The third-order valence-electron chi connectivity index (χ3n) is 5.77. The van der Waals surface area contributed by atoms with E-state index in [0.717, 1.165) is 0 Å². The van der Waals surface area contributed by atoms with Crippen LogP contribution in [0.5, 0.6) is 0 Å². The average Bonchev–Trinajstić information content (AvgIpc) is 3.02. The highest BCUT2D eigenvalue weighted by molar-refractivity contribution is 8.00. The predicted molar refractivity (Wildman–Crippen MR) is 114 cm³/mol. The van der Waals surface area contributed by atoms with E-state index in [0.29, 0.717) is 5.75 Å². The van der Waals surface area contributed by atoms with Crippen molar-refractivity contribution < 1.29 is 28.7 Å². The average molecular weight is 447 g/mol. The second kappa shape index (κ2) is 7.77. The van der Waals surface area contributed by atoms with Gasteiger partial charge in [0.2, 0.25) is 0 Å². The first-order valence-corrected chi connectivity index (χ1v) is 13.8. The van der Waals surface area contributed by atoms with Crippen LogP contribution in [0.4, 0.5) is 4.79 Å². The minimum Gasteiger partial charge on any atom is -0.480 e. The second-order valence-corrected chi connectivity index (χ2v) is 16.3. The van der Waals surface area contributed by atoms with Gasteiger partial charge in [0.25, 0.3) is 5.91 Å². The Morgan fingerprint density at radius 2 is 1.86 bits per heavy atom. The first-order valence-electron chi connectivity index (χ1n) is 9.81. The van der Waals surface area contributed by atoms with Gasteiger partial charge in [-0.05, 0) is 38.9 Å². The summed E-state index contributed by atoms with van der Waals surface area (Å²) in [5.74, 6) is -1.10. The molecule has 2 rings (SSSR count). The molecule has 0 radical (unpaired) electrons. The molecule has 0 bridgehead atoms. The third-order valence-corrected chi connectivity index (χ3v) is 11.5. The van der Waals surface area contributed by atoms with Crippen molar-refractivity contribution >= 4 is 38.0 Å². The number of hydrogen-bond acceptors (Lipinski definition) is 6. The van der Waals surface area contributed by atoms with Crippen molar-refractivity contribution in [1.82, 2.24) is 10.2 Å². The maximum atomic E-state index is 13.4. The van der Waals surface area contributed by atoms with Gasteiger partial charge in [-0.3, -0.25) is 4.79 Å². The summed E-state index contributed by atoms with van der Waals surface area (Å²) in [6.45, 7) is 15.7. The number of carboxylic acids is 1. The van der Waals surface area contributed by atoms with Gasteiger partial charge in [-0.2, -0.15) is 0 Å². The molecule has 2 heterocycles. The van der Waals surface area contributed by atoms with Crippen molar-refractivity contribution in [3.8, 4) is 0 Å². The summed E-state index contributed by atoms with van der Waals surface area (Å²) < 4.78 is 11.7. The van der Waals surface area contributed by atoms with E-state index in [-0.39, 0.29) is 23.4 Å². The van der Waals surface area contributed by atoms with Gasteiger partial charge in [0.1, 0.15) is 17.2 Å². The maximum absolute atomic E-state index is 13.4. The largest absolute Gasteiger partial charge is 0.480 e. The lowest BCUT2D eigenvalue weighted by Crippen LogP contribution is -2.61. The monoisotopic (exact) mass is 446 g/mol. The molecule has 2 fully saturated rings. The SMILES string of the molecule is CC(C)(C)OC(=O)N[C@]1(CO[Si](C)(C)C(C)(C)C)C[C@@H]2SC[C@@H](C(=O)O)N2C1=O. The molecule has 10 heteroatoms. The first-order chi connectivity index (χ1) is 13.0. The fourth-order valence-corrected chi connectivity index (χ4v) is 5.65. The zero-order chi connectivity index (χ0) is 22.4. The molecule has 29 heavy (non-hydrogen) atoms. The number of nitrogens with zero attached hydrogens (tertiary/aromatic N) is 1. The maximum Gasteiger partial charge on any atom is 0.408 e. The third kappa shape index (κ3) is 5.08. The number of carbonyl (C=O) groups excluding carboxylic acids is 2. The van der Waals surface area contributed by atoms with Crippen molar-refractivity contribution in [2.75, 3.05) is 12.4 Å². The summed E-state index contributed by atoms with van der Waals surface area (Å²) in [4.78, 5) is 39.0. The molecule has 0 aliphatic carbocycles. The minimum atomic E-state index is -2.21. The van der Waals surface area contributed by atoms with E-state index in [1.54, 1.807) is 20.8 Å². The van der Waals surface area contributed by atoms with Gasteiger partial charge < -0.3 is 24.5 Å². The number of thioether (sulfide) groups is 1. The number of amides is 2. The number of nitrogens with one attached hydrogen (secondary N) is 1. The molecule has 2 aliphatic heterocycles. The van der Waals surface area contributed by atoms with E-state index in [2.05, 4.69) is 39.2 Å². The fourth-order valence-electron chi connectivity index (χ4n) is 3.10. The summed E-state index contributed by atoms with van der Waals surface area (Å²) in [5.41, 5.74) is -2.05. The number of carbonyl (C=O) groups is 3. The molecule has 0 unspecified atom stereocenters. The van der Waals surface area contributed by atoms with Crippen LogP contribution in [-0.2, 0) is 18.8 Å². The Morgan fingerprint density at radius 3 is 2.34 bits per heavy atom. The number of fused-ring (bicyclic) bond motifs is 1. The molecule has 3 atom stereocenters. The Balaban J connectivity index is 2.31. The molecule has 0 aromatic rings. The van der Waals surface area contributed by atoms with Gasteiger partial charge in [0.05, 0.1) is 12.0 Å². The van der Waals surface area contributed by atoms with Crippen LogP contribution in [0, 0.1) is 0 Å². The summed E-state index contributed by atoms with van der Waals surface area (Å²) in [7, 11) is -2.21. The van der Waals surface area contributed by atoms with Crippen LogP contribution in [0.25, 0.3) is 0 Å². The Morgan fingerprint density at radius 1 is 1.28 bits per heavy atom. The van der Waals surface area contributed by atoms with Gasteiger partial charge in [-0.1, -0.05) is 20.8 Å². The van der Waals surface area contributed by atoms with E-state index >= 15 is 0 Å². The Hall–Kier alpha value is -1.26. The Labute approximate surface area is 178 Å². The number of carboxylic acid groups (broad SMARTS) is 1. The molecule has 2 aliphatic rings. The van der Waals surface area contributed by atoms with Crippen molar-refractivity contribution in [2.45, 2.75) is 88.7 Å². The highest BCUT2D eigenvalue weighted by atomic mass is 32.2. The van der Waals surface area contributed by atoms with Crippen LogP contribution in [0.15, 0.2) is 0 Å². The standard InChI is InChI=1S/C19H34N2O6SSi/c1-17(2,3)27-16(25)20-19(11-26-29(7,8)18(4,5)6)9-13-21(15(19)24)12(10-28-13)14(22)23/h12-13H,9-11H2,1-8H3,(H,20,25)(H,22,23)/t12-,13-,19-/m0/s1. The van der Waals surface area contributed by atoms with Crippen LogP contribution in [0.3, 0.4) is 0 Å². The summed E-state index contributed by atoms with van der Waals surface area (Å²) in [5, 5.41) is 11.9. The first kappa shape index (κ1) is 24.0. The van der Waals surface area contributed by atoms with E-state index in [1.807, 2.05) is 0 Å². The lowest BCUT2D eigenvalue weighted by atomic mass is 9.99. The van der Waals surface area contributed by atoms with Crippen molar-refractivity contribution in [3.05, 3.63) is 0 Å². The van der Waals surface area contributed by atoms with Gasteiger partial charge in [0.15, 0.2) is 8.32 Å². The quantitative estimate of drug-likeness (QED) is 0.625. The Bertz CT molecular complexity index is 687. The van der Waals surface area contributed by atoms with Crippen molar-refractivity contribution in [1.29, 1.82) is 0 Å². The molecule has 0 aromatic carbocycles. The van der Waals surface area contributed by atoms with Crippen LogP contribution in [0.1, 0.15) is 48.0 Å². The molecule has 166 valence electrons. The van der Waals surface area contributed by atoms with Gasteiger partial charge in [-0.25, -0.2) is 9.59 Å². The zero-order valence-electron chi connectivity index (χ0n) is 18.6. The molecular formula is C19H34N2O6SSi. The van der Waals surface area contributed by atoms with Gasteiger partial charge >= 0.3 is 12.1 Å². The molecule has 2 saturated heterocycles. The van der Waals surface area contributed by atoms with E-state index in [4.69, 9.17) is 9.16 Å². The molecule has 0 aromatic heterocycles. The lowest BCUT2D eigenvalue weighted by Gasteiger charge is -2.39. The number of ether oxygens (including phenoxy) is 1. The number of hydrogen-bond donors (Lipinski definition) is 2. The van der Waals surface area contributed by atoms with Crippen LogP contribution >= 0.6 is 11.8 Å². The van der Waals surface area contributed by atoms with Crippen LogP contribution in [0.2, 0.25) is 18.1 Å². The molecule has 0 saturated carbocycles. The predicted octanol–water partition coefficient (Wildman–Crippen LogP) is 3.03.